The van der Waals surface area contributed by atoms with Gasteiger partial charge in [-0.2, -0.15) is 13.2 Å². The number of benzene rings is 1. The number of hydrogen-bond acceptors (Lipinski definition) is 1. The van der Waals surface area contributed by atoms with Crippen molar-refractivity contribution in [3.63, 3.8) is 0 Å². The van der Waals surface area contributed by atoms with Crippen molar-refractivity contribution in [3.8, 4) is 0 Å². The van der Waals surface area contributed by atoms with Gasteiger partial charge >= 0.3 is 6.18 Å². The zero-order valence-electron chi connectivity index (χ0n) is 12.6. The fourth-order valence-electron chi connectivity index (χ4n) is 1.96. The summed E-state index contributed by atoms with van der Waals surface area (Å²) in [5.41, 5.74) is 6.17. The molecule has 0 saturated heterocycles. The standard InChI is InChI=1S/C16H24F3N/c1-11(10-20)5-6-12-7-13(15(2,3)4)9-14(8-12)16(17,18)19/h7-9,11H,5-6,10,20H2,1-4H3/t11-/m1/s1. The Kier molecular flexibility index (Phi) is 5.25. The first-order valence-corrected chi connectivity index (χ1v) is 6.95. The van der Waals surface area contributed by atoms with Crippen LogP contribution in [-0.2, 0) is 18.0 Å². The first-order valence-electron chi connectivity index (χ1n) is 6.95. The minimum atomic E-state index is -4.30. The molecular formula is C16H24F3N. The molecule has 114 valence electrons. The van der Waals surface area contributed by atoms with Crippen LogP contribution in [0.3, 0.4) is 0 Å². The van der Waals surface area contributed by atoms with Crippen LogP contribution in [0, 0.1) is 5.92 Å². The number of aryl methyl sites for hydroxylation is 1. The van der Waals surface area contributed by atoms with Gasteiger partial charge < -0.3 is 5.73 Å². The second-order valence-corrected chi connectivity index (χ2v) is 6.55. The maximum atomic E-state index is 13.0. The predicted molar refractivity (Wildman–Crippen MR) is 76.7 cm³/mol. The lowest BCUT2D eigenvalue weighted by Crippen LogP contribution is -2.16. The summed E-state index contributed by atoms with van der Waals surface area (Å²) in [5, 5.41) is 0. The molecule has 1 aromatic carbocycles. The summed E-state index contributed by atoms with van der Waals surface area (Å²) in [6, 6.07) is 4.41. The summed E-state index contributed by atoms with van der Waals surface area (Å²) < 4.78 is 38.9. The van der Waals surface area contributed by atoms with Gasteiger partial charge in [-0.25, -0.2) is 0 Å². The van der Waals surface area contributed by atoms with Crippen LogP contribution in [0.2, 0.25) is 0 Å². The van der Waals surface area contributed by atoms with Crippen molar-refractivity contribution < 1.29 is 13.2 Å². The van der Waals surface area contributed by atoms with Crippen molar-refractivity contribution in [1.82, 2.24) is 0 Å². The molecule has 0 unspecified atom stereocenters. The molecule has 0 aromatic heterocycles. The minimum absolute atomic E-state index is 0.296. The molecule has 4 heteroatoms. The van der Waals surface area contributed by atoms with E-state index in [-0.39, 0.29) is 5.41 Å². The third-order valence-electron chi connectivity index (χ3n) is 3.51. The van der Waals surface area contributed by atoms with Crippen LogP contribution >= 0.6 is 0 Å². The Morgan fingerprint density at radius 2 is 1.60 bits per heavy atom. The van der Waals surface area contributed by atoms with Gasteiger partial charge in [0.1, 0.15) is 0 Å². The molecule has 2 N–H and O–H groups in total. The van der Waals surface area contributed by atoms with E-state index in [1.54, 1.807) is 0 Å². The van der Waals surface area contributed by atoms with Crippen molar-refractivity contribution in [2.24, 2.45) is 11.7 Å². The molecule has 0 spiro atoms. The summed E-state index contributed by atoms with van der Waals surface area (Å²) in [6.07, 6.45) is -2.86. The molecule has 1 rings (SSSR count). The lowest BCUT2D eigenvalue weighted by atomic mass is 9.84. The third-order valence-corrected chi connectivity index (χ3v) is 3.51. The molecule has 0 radical (unpaired) electrons. The van der Waals surface area contributed by atoms with Crippen molar-refractivity contribution in [2.75, 3.05) is 6.54 Å². The molecule has 0 bridgehead atoms. The summed E-state index contributed by atoms with van der Waals surface area (Å²) in [7, 11) is 0. The van der Waals surface area contributed by atoms with Gasteiger partial charge in [0.2, 0.25) is 0 Å². The van der Waals surface area contributed by atoms with E-state index >= 15 is 0 Å². The van der Waals surface area contributed by atoms with E-state index in [0.717, 1.165) is 17.5 Å². The largest absolute Gasteiger partial charge is 0.416 e. The molecule has 0 heterocycles. The quantitative estimate of drug-likeness (QED) is 0.865. The van der Waals surface area contributed by atoms with Gasteiger partial charge in [0.05, 0.1) is 5.56 Å². The first-order chi connectivity index (χ1) is 9.04. The van der Waals surface area contributed by atoms with Crippen LogP contribution in [0.4, 0.5) is 13.2 Å². The lowest BCUT2D eigenvalue weighted by Gasteiger charge is -2.22. The van der Waals surface area contributed by atoms with Gasteiger partial charge in [-0.1, -0.05) is 33.8 Å². The molecule has 0 aliphatic carbocycles. The highest BCUT2D eigenvalue weighted by Crippen LogP contribution is 2.34. The number of rotatable bonds is 4. The third kappa shape index (κ3) is 4.82. The molecule has 1 aromatic rings. The molecule has 1 atom stereocenters. The van der Waals surface area contributed by atoms with Crippen molar-refractivity contribution >= 4 is 0 Å². The minimum Gasteiger partial charge on any atom is -0.330 e. The second kappa shape index (κ2) is 6.17. The van der Waals surface area contributed by atoms with E-state index in [0.29, 0.717) is 18.9 Å². The predicted octanol–water partition coefficient (Wildman–Crippen LogP) is 4.53. The topological polar surface area (TPSA) is 26.0 Å². The summed E-state index contributed by atoms with van der Waals surface area (Å²) in [5.74, 6) is 0.322. The zero-order chi connectivity index (χ0) is 15.6. The van der Waals surface area contributed by atoms with Crippen molar-refractivity contribution in [3.05, 3.63) is 34.9 Å². The number of hydrogen-bond donors (Lipinski definition) is 1. The summed E-state index contributed by atoms with van der Waals surface area (Å²) in [4.78, 5) is 0. The average Bonchev–Trinajstić information content (AvgIpc) is 2.33. The van der Waals surface area contributed by atoms with Gasteiger partial charge in [-0.15, -0.1) is 0 Å². The number of nitrogens with two attached hydrogens (primary N) is 1. The Morgan fingerprint density at radius 1 is 1.05 bits per heavy atom. The van der Waals surface area contributed by atoms with E-state index in [2.05, 4.69) is 0 Å². The van der Waals surface area contributed by atoms with Crippen molar-refractivity contribution in [1.29, 1.82) is 0 Å². The highest BCUT2D eigenvalue weighted by molar-refractivity contribution is 5.35. The maximum Gasteiger partial charge on any atom is 0.416 e. The normalized spacial score (nSPS) is 14.4. The fourth-order valence-corrected chi connectivity index (χ4v) is 1.96. The van der Waals surface area contributed by atoms with Crippen LogP contribution < -0.4 is 5.73 Å². The van der Waals surface area contributed by atoms with Gasteiger partial charge in [-0.3, -0.25) is 0 Å². The molecule has 0 aliphatic heterocycles. The van der Waals surface area contributed by atoms with E-state index in [1.807, 2.05) is 33.8 Å². The van der Waals surface area contributed by atoms with Crippen LogP contribution in [0.25, 0.3) is 0 Å². The van der Waals surface area contributed by atoms with E-state index in [4.69, 9.17) is 5.73 Å². The van der Waals surface area contributed by atoms with Gasteiger partial charge in [0.25, 0.3) is 0 Å². The molecule has 0 saturated carbocycles. The summed E-state index contributed by atoms with van der Waals surface area (Å²) in [6.45, 7) is 8.35. The van der Waals surface area contributed by atoms with Gasteiger partial charge in [0.15, 0.2) is 0 Å². The van der Waals surface area contributed by atoms with Crippen molar-refractivity contribution in [2.45, 2.75) is 52.1 Å². The van der Waals surface area contributed by atoms with E-state index in [1.165, 1.54) is 12.1 Å². The fraction of sp³-hybridized carbons (Fsp3) is 0.625. The Balaban J connectivity index is 3.11. The van der Waals surface area contributed by atoms with Crippen LogP contribution in [0.15, 0.2) is 18.2 Å². The first kappa shape index (κ1) is 17.0. The number of halogens is 3. The monoisotopic (exact) mass is 287 g/mol. The Hall–Kier alpha value is -1.03. The Bertz CT molecular complexity index is 412. The SMILES string of the molecule is C[C@@H](CN)CCc1cc(C(C)(C)C)cc(C(F)(F)F)c1. The molecule has 0 amide bonds. The highest BCUT2D eigenvalue weighted by Gasteiger charge is 2.32. The maximum absolute atomic E-state index is 13.0. The Morgan fingerprint density at radius 3 is 2.05 bits per heavy atom. The van der Waals surface area contributed by atoms with Crippen LogP contribution in [0.1, 0.15) is 50.8 Å². The second-order valence-electron chi connectivity index (χ2n) is 6.55. The highest BCUT2D eigenvalue weighted by atomic mass is 19.4. The molecular weight excluding hydrogens is 263 g/mol. The average molecular weight is 287 g/mol. The molecule has 0 fully saturated rings. The van der Waals surface area contributed by atoms with Crippen LogP contribution in [-0.4, -0.2) is 6.54 Å². The lowest BCUT2D eigenvalue weighted by molar-refractivity contribution is -0.137. The smallest absolute Gasteiger partial charge is 0.330 e. The molecule has 20 heavy (non-hydrogen) atoms. The van der Waals surface area contributed by atoms with E-state index < -0.39 is 11.7 Å². The zero-order valence-corrected chi connectivity index (χ0v) is 12.6. The van der Waals surface area contributed by atoms with E-state index in [9.17, 15) is 13.2 Å². The number of alkyl halides is 3. The molecule has 0 aliphatic rings. The Labute approximate surface area is 119 Å². The van der Waals surface area contributed by atoms with Gasteiger partial charge in [0, 0.05) is 0 Å². The van der Waals surface area contributed by atoms with Gasteiger partial charge in [-0.05, 0) is 54.0 Å². The van der Waals surface area contributed by atoms with Crippen LogP contribution in [0.5, 0.6) is 0 Å². The summed E-state index contributed by atoms with van der Waals surface area (Å²) >= 11 is 0. The molecule has 1 nitrogen and oxygen atoms in total.